The summed E-state index contributed by atoms with van der Waals surface area (Å²) in [5, 5.41) is 3.99. The molecular weight excluding hydrogens is 412 g/mol. The summed E-state index contributed by atoms with van der Waals surface area (Å²) in [5.74, 6) is 0.874. The van der Waals surface area contributed by atoms with Gasteiger partial charge in [-0.15, -0.1) is 12.4 Å². The van der Waals surface area contributed by atoms with Gasteiger partial charge < -0.3 is 9.42 Å². The molecule has 3 aromatic rings. The van der Waals surface area contributed by atoms with Crippen LogP contribution < -0.4 is 4.90 Å². The Morgan fingerprint density at radius 3 is 2.60 bits per heavy atom. The number of hydrogen-bond donors (Lipinski definition) is 0. The first-order chi connectivity index (χ1) is 14.1. The Bertz CT molecular complexity index is 963. The van der Waals surface area contributed by atoms with E-state index in [0.29, 0.717) is 30.2 Å². The summed E-state index contributed by atoms with van der Waals surface area (Å²) in [6, 6.07) is 7.48. The molecule has 1 aromatic carbocycles. The van der Waals surface area contributed by atoms with Crippen LogP contribution in [-0.4, -0.2) is 46.2 Å². The first-order valence-electron chi connectivity index (χ1n) is 9.82. The van der Waals surface area contributed by atoms with E-state index in [2.05, 4.69) is 24.9 Å². The normalized spacial score (nSPS) is 15.0. The monoisotopic (exact) mass is 435 g/mol. The van der Waals surface area contributed by atoms with Crippen molar-refractivity contribution in [3.05, 3.63) is 59.6 Å². The van der Waals surface area contributed by atoms with E-state index in [4.69, 9.17) is 4.52 Å². The number of aryl methyl sites for hydroxylation is 1. The number of benzene rings is 1. The van der Waals surface area contributed by atoms with Crippen molar-refractivity contribution in [3.8, 4) is 11.5 Å². The summed E-state index contributed by atoms with van der Waals surface area (Å²) in [4.78, 5) is 13.4. The molecule has 9 heteroatoms. The van der Waals surface area contributed by atoms with Crippen LogP contribution in [0.15, 0.2) is 41.1 Å². The Hall–Kier alpha value is -2.58. The molecule has 1 fully saturated rings. The minimum Gasteiger partial charge on any atom is -0.355 e. The maximum Gasteiger partial charge on any atom is 0.261 e. The van der Waals surface area contributed by atoms with Crippen LogP contribution in [0.4, 0.5) is 14.6 Å². The van der Waals surface area contributed by atoms with Gasteiger partial charge in [-0.2, -0.15) is 4.98 Å². The predicted molar refractivity (Wildman–Crippen MR) is 113 cm³/mol. The zero-order valence-corrected chi connectivity index (χ0v) is 17.5. The summed E-state index contributed by atoms with van der Waals surface area (Å²) in [6.07, 6.45) is 3.38. The van der Waals surface area contributed by atoms with Gasteiger partial charge in [0.1, 0.15) is 17.5 Å². The molecule has 3 heterocycles. The molecule has 0 atom stereocenters. The van der Waals surface area contributed by atoms with E-state index in [9.17, 15) is 8.78 Å². The molecule has 0 radical (unpaired) electrons. The zero-order chi connectivity index (χ0) is 20.2. The Morgan fingerprint density at radius 1 is 1.07 bits per heavy atom. The largest absolute Gasteiger partial charge is 0.355 e. The minimum atomic E-state index is -0.541. The van der Waals surface area contributed by atoms with Crippen LogP contribution in [0.2, 0.25) is 0 Å². The molecule has 2 aromatic heterocycles. The maximum atomic E-state index is 13.5. The van der Waals surface area contributed by atoms with Gasteiger partial charge in [0, 0.05) is 51.4 Å². The van der Waals surface area contributed by atoms with Crippen LogP contribution in [0.1, 0.15) is 24.7 Å². The Labute approximate surface area is 180 Å². The fourth-order valence-corrected chi connectivity index (χ4v) is 3.62. The molecule has 0 unspecified atom stereocenters. The molecule has 0 bridgehead atoms. The number of pyridine rings is 1. The summed E-state index contributed by atoms with van der Waals surface area (Å²) >= 11 is 0. The van der Waals surface area contributed by atoms with Gasteiger partial charge in [0.05, 0.1) is 5.56 Å². The number of rotatable bonds is 5. The van der Waals surface area contributed by atoms with Gasteiger partial charge in [-0.25, -0.2) is 13.8 Å². The highest BCUT2D eigenvalue weighted by atomic mass is 35.5. The molecule has 0 N–H and O–H groups in total. The number of aromatic nitrogens is 3. The molecule has 0 aliphatic carbocycles. The summed E-state index contributed by atoms with van der Waals surface area (Å²) in [6.45, 7) is 5.67. The molecule has 160 valence electrons. The SMILES string of the molecule is CCc1noc(-c2cccnc2N2CCCN(Cc3cc(F)cc(F)c3)CC2)n1.Cl. The molecule has 4 rings (SSSR count). The topological polar surface area (TPSA) is 58.3 Å². The second-order valence-electron chi connectivity index (χ2n) is 7.14. The van der Waals surface area contributed by atoms with Gasteiger partial charge >= 0.3 is 0 Å². The lowest BCUT2D eigenvalue weighted by Crippen LogP contribution is -2.31. The van der Waals surface area contributed by atoms with Crippen LogP contribution in [0.5, 0.6) is 0 Å². The van der Waals surface area contributed by atoms with E-state index in [0.717, 1.165) is 50.0 Å². The molecule has 6 nitrogen and oxygen atoms in total. The number of halogens is 3. The van der Waals surface area contributed by atoms with Crippen LogP contribution in [0.3, 0.4) is 0 Å². The van der Waals surface area contributed by atoms with Crippen LogP contribution in [-0.2, 0) is 13.0 Å². The van der Waals surface area contributed by atoms with Gasteiger partial charge in [-0.05, 0) is 36.2 Å². The highest BCUT2D eigenvalue weighted by molar-refractivity contribution is 5.85. The zero-order valence-electron chi connectivity index (χ0n) is 16.7. The van der Waals surface area contributed by atoms with Crippen LogP contribution in [0.25, 0.3) is 11.5 Å². The quantitative estimate of drug-likeness (QED) is 0.601. The third-order valence-corrected chi connectivity index (χ3v) is 5.02. The maximum absolute atomic E-state index is 13.5. The van der Waals surface area contributed by atoms with Crippen molar-refractivity contribution < 1.29 is 13.3 Å². The fourth-order valence-electron chi connectivity index (χ4n) is 3.62. The van der Waals surface area contributed by atoms with Gasteiger partial charge in [-0.3, -0.25) is 4.90 Å². The van der Waals surface area contributed by atoms with Gasteiger partial charge in [-0.1, -0.05) is 12.1 Å². The molecule has 30 heavy (non-hydrogen) atoms. The lowest BCUT2D eigenvalue weighted by Gasteiger charge is -2.24. The van der Waals surface area contributed by atoms with E-state index in [1.165, 1.54) is 12.1 Å². The van der Waals surface area contributed by atoms with Crippen molar-refractivity contribution in [3.63, 3.8) is 0 Å². The Kier molecular flexibility index (Phi) is 7.33. The smallest absolute Gasteiger partial charge is 0.261 e. The van der Waals surface area contributed by atoms with Crippen molar-refractivity contribution in [1.29, 1.82) is 0 Å². The average molecular weight is 436 g/mol. The average Bonchev–Trinajstić information content (AvgIpc) is 3.07. The first kappa shape index (κ1) is 22.1. The van der Waals surface area contributed by atoms with Gasteiger partial charge in [0.25, 0.3) is 5.89 Å². The first-order valence-corrected chi connectivity index (χ1v) is 9.82. The van der Waals surface area contributed by atoms with Crippen molar-refractivity contribution in [2.75, 3.05) is 31.1 Å². The fraction of sp³-hybridized carbons (Fsp3) is 0.381. The molecule has 0 spiro atoms. The predicted octanol–water partition coefficient (Wildman–Crippen LogP) is 4.11. The molecular formula is C21H24ClF2N5O. The third kappa shape index (κ3) is 5.12. The van der Waals surface area contributed by atoms with Gasteiger partial charge in [0.2, 0.25) is 0 Å². The van der Waals surface area contributed by atoms with E-state index >= 15 is 0 Å². The number of nitrogens with zero attached hydrogens (tertiary/aromatic N) is 5. The van der Waals surface area contributed by atoms with E-state index in [1.807, 2.05) is 19.1 Å². The molecule has 0 amide bonds. The van der Waals surface area contributed by atoms with Crippen molar-refractivity contribution in [2.24, 2.45) is 0 Å². The lowest BCUT2D eigenvalue weighted by molar-refractivity contribution is 0.284. The second kappa shape index (κ2) is 9.95. The molecule has 1 aliphatic heterocycles. The number of hydrogen-bond acceptors (Lipinski definition) is 6. The van der Waals surface area contributed by atoms with Gasteiger partial charge in [0.15, 0.2) is 5.82 Å². The highest BCUT2D eigenvalue weighted by Gasteiger charge is 2.21. The van der Waals surface area contributed by atoms with Crippen molar-refractivity contribution in [2.45, 2.75) is 26.3 Å². The van der Waals surface area contributed by atoms with Crippen LogP contribution >= 0.6 is 12.4 Å². The van der Waals surface area contributed by atoms with Crippen LogP contribution in [0, 0.1) is 11.6 Å². The molecule has 1 saturated heterocycles. The second-order valence-corrected chi connectivity index (χ2v) is 7.14. The molecule has 1 aliphatic rings. The van der Waals surface area contributed by atoms with E-state index in [-0.39, 0.29) is 12.4 Å². The van der Waals surface area contributed by atoms with Crippen molar-refractivity contribution >= 4 is 18.2 Å². The standard InChI is InChI=1S/C21H23F2N5O.ClH/c1-2-19-25-21(29-26-19)18-5-3-6-24-20(18)28-8-4-7-27(9-10-28)14-15-11-16(22)13-17(23)12-15;/h3,5-6,11-13H,2,4,7-10,14H2,1H3;1H. The van der Waals surface area contributed by atoms with Crippen molar-refractivity contribution in [1.82, 2.24) is 20.0 Å². The molecule has 0 saturated carbocycles. The highest BCUT2D eigenvalue weighted by Crippen LogP contribution is 2.28. The summed E-state index contributed by atoms with van der Waals surface area (Å²) in [7, 11) is 0. The summed E-state index contributed by atoms with van der Waals surface area (Å²) < 4.78 is 32.4. The Balaban J connectivity index is 0.00000256. The van der Waals surface area contributed by atoms with E-state index in [1.54, 1.807) is 6.20 Å². The summed E-state index contributed by atoms with van der Waals surface area (Å²) in [5.41, 5.74) is 1.47. The van der Waals surface area contributed by atoms with E-state index < -0.39 is 11.6 Å². The third-order valence-electron chi connectivity index (χ3n) is 5.02. The minimum absolute atomic E-state index is 0. The number of anilines is 1. The Morgan fingerprint density at radius 2 is 1.87 bits per heavy atom. The lowest BCUT2D eigenvalue weighted by atomic mass is 10.2.